The third kappa shape index (κ3) is 2.53. The fraction of sp³-hybridized carbons (Fsp3) is 0.273. The number of ether oxygens (including phenoxy) is 1. The third-order valence-electron chi connectivity index (χ3n) is 2.25. The number of thiol groups is 1. The molecule has 0 saturated carbocycles. The van der Waals surface area contributed by atoms with Crippen LogP contribution in [0.1, 0.15) is 5.56 Å². The minimum absolute atomic E-state index is 0.505. The second-order valence-electron chi connectivity index (χ2n) is 3.25. The van der Waals surface area contributed by atoms with Crippen LogP contribution in [0, 0.1) is 0 Å². The Morgan fingerprint density at radius 2 is 2.07 bits per heavy atom. The number of nitrogens with one attached hydrogen (secondary N) is 1. The van der Waals surface area contributed by atoms with Crippen molar-refractivity contribution >= 4 is 23.8 Å². The van der Waals surface area contributed by atoms with E-state index in [1.54, 1.807) is 0 Å². The summed E-state index contributed by atoms with van der Waals surface area (Å²) >= 11 is 3.64. The van der Waals surface area contributed by atoms with Gasteiger partial charge in [0.05, 0.1) is 19.8 Å². The van der Waals surface area contributed by atoms with Gasteiger partial charge in [-0.3, -0.25) is 0 Å². The highest BCUT2D eigenvalue weighted by atomic mass is 32.1. The maximum absolute atomic E-state index is 5.43. The molecule has 0 saturated heterocycles. The van der Waals surface area contributed by atoms with Crippen LogP contribution in [0.4, 0.5) is 0 Å². The number of H-pyrrole nitrogens is 1. The lowest BCUT2D eigenvalue weighted by Crippen LogP contribution is -1.99. The first-order chi connectivity index (χ1) is 7.42. The van der Waals surface area contributed by atoms with Gasteiger partial charge in [-0.05, 0) is 19.0 Å². The minimum Gasteiger partial charge on any atom is -0.374 e. The lowest BCUT2D eigenvalue weighted by atomic mass is 10.2. The number of para-hydroxylation sites is 1. The molecule has 0 amide bonds. The Morgan fingerprint density at radius 3 is 2.93 bits per heavy atom. The lowest BCUT2D eigenvalue weighted by Gasteiger charge is -2.01. The second-order valence-corrected chi connectivity index (χ2v) is 3.50. The minimum atomic E-state index is 0.505. The van der Waals surface area contributed by atoms with Gasteiger partial charge < -0.3 is 13.9 Å². The molecule has 15 heavy (non-hydrogen) atoms. The molecule has 0 fully saturated rings. The number of fused-ring (bicyclic) bond motifs is 1. The summed E-state index contributed by atoms with van der Waals surface area (Å²) in [6.07, 6.45) is 1.98. The zero-order valence-corrected chi connectivity index (χ0v) is 9.17. The number of benzene rings is 1. The average molecular weight is 223 g/mol. The summed E-state index contributed by atoms with van der Waals surface area (Å²) in [5, 5.41) is 1.21. The topological polar surface area (TPSA) is 34.2 Å². The number of hydrogen-bond donors (Lipinski definition) is 2. The number of hydrogen-bond acceptors (Lipinski definition) is 3. The largest absolute Gasteiger partial charge is 0.374 e. The smallest absolute Gasteiger partial charge is 0.0844 e. The van der Waals surface area contributed by atoms with Gasteiger partial charge in [0.2, 0.25) is 0 Å². The zero-order valence-electron chi connectivity index (χ0n) is 8.27. The van der Waals surface area contributed by atoms with Crippen LogP contribution in [0.5, 0.6) is 0 Å². The predicted octanol–water partition coefficient (Wildman–Crippen LogP) is 2.55. The summed E-state index contributed by atoms with van der Waals surface area (Å²) in [7, 11) is 0. The maximum Gasteiger partial charge on any atom is 0.0844 e. The van der Waals surface area contributed by atoms with E-state index in [1.807, 2.05) is 18.3 Å². The van der Waals surface area contributed by atoms with E-state index < -0.39 is 0 Å². The number of aromatic nitrogens is 1. The predicted molar refractivity (Wildman–Crippen MR) is 62.9 cm³/mol. The Kier molecular flexibility index (Phi) is 3.66. The summed E-state index contributed by atoms with van der Waals surface area (Å²) in [6.45, 7) is 1.66. The first kappa shape index (κ1) is 10.5. The van der Waals surface area contributed by atoms with Gasteiger partial charge >= 0.3 is 0 Å². The zero-order chi connectivity index (χ0) is 10.5. The molecule has 0 aliphatic rings. The van der Waals surface area contributed by atoms with Crippen LogP contribution in [-0.4, -0.2) is 18.2 Å². The van der Waals surface area contributed by atoms with Crippen molar-refractivity contribution in [3.63, 3.8) is 0 Å². The van der Waals surface area contributed by atoms with Crippen molar-refractivity contribution in [3.05, 3.63) is 36.0 Å². The van der Waals surface area contributed by atoms with Crippen molar-refractivity contribution in [1.82, 2.24) is 4.98 Å². The van der Waals surface area contributed by atoms with Crippen molar-refractivity contribution < 1.29 is 8.92 Å². The summed E-state index contributed by atoms with van der Waals surface area (Å²) in [5.41, 5.74) is 2.31. The van der Waals surface area contributed by atoms with Gasteiger partial charge in [-0.15, -0.1) is 0 Å². The van der Waals surface area contributed by atoms with Crippen molar-refractivity contribution in [2.24, 2.45) is 0 Å². The van der Waals surface area contributed by atoms with Crippen LogP contribution in [-0.2, 0) is 15.5 Å². The van der Waals surface area contributed by atoms with E-state index in [9.17, 15) is 0 Å². The van der Waals surface area contributed by atoms with Gasteiger partial charge in [-0.1, -0.05) is 18.2 Å². The molecule has 80 valence electrons. The molecule has 1 heterocycles. The second kappa shape index (κ2) is 5.21. The van der Waals surface area contributed by atoms with Crippen molar-refractivity contribution in [3.8, 4) is 0 Å². The van der Waals surface area contributed by atoms with E-state index in [2.05, 4.69) is 34.2 Å². The fourth-order valence-corrected chi connectivity index (χ4v) is 1.60. The summed E-state index contributed by atoms with van der Waals surface area (Å²) < 4.78 is 10.0. The molecule has 0 spiro atoms. The molecule has 1 N–H and O–H groups in total. The van der Waals surface area contributed by atoms with Gasteiger partial charge in [0.1, 0.15) is 0 Å². The maximum atomic E-state index is 5.43. The van der Waals surface area contributed by atoms with E-state index in [0.29, 0.717) is 19.8 Å². The quantitative estimate of drug-likeness (QED) is 0.464. The third-order valence-corrected chi connectivity index (χ3v) is 2.43. The monoisotopic (exact) mass is 223 g/mol. The Labute approximate surface area is 94.0 Å². The SMILES string of the molecule is SOCCOCc1c[nH]c2ccccc12. The van der Waals surface area contributed by atoms with Gasteiger partial charge in [-0.2, -0.15) is 0 Å². The molecule has 1 aromatic heterocycles. The van der Waals surface area contributed by atoms with Gasteiger partial charge in [0.15, 0.2) is 0 Å². The van der Waals surface area contributed by atoms with Gasteiger partial charge in [0.25, 0.3) is 0 Å². The summed E-state index contributed by atoms with van der Waals surface area (Å²) in [5.74, 6) is 0. The van der Waals surface area contributed by atoms with Crippen molar-refractivity contribution in [2.45, 2.75) is 6.61 Å². The van der Waals surface area contributed by atoms with Crippen molar-refractivity contribution in [1.29, 1.82) is 0 Å². The molecule has 0 bridgehead atoms. The Bertz CT molecular complexity index is 427. The van der Waals surface area contributed by atoms with Gasteiger partial charge in [-0.25, -0.2) is 0 Å². The number of rotatable bonds is 5. The lowest BCUT2D eigenvalue weighted by molar-refractivity contribution is 0.0966. The molecule has 1 aromatic carbocycles. The van der Waals surface area contributed by atoms with E-state index in [4.69, 9.17) is 4.74 Å². The van der Waals surface area contributed by atoms with E-state index >= 15 is 0 Å². The highest BCUT2D eigenvalue weighted by molar-refractivity contribution is 7.75. The molecule has 0 atom stereocenters. The number of aromatic amines is 1. The molecule has 0 aliphatic carbocycles. The van der Waals surface area contributed by atoms with Crippen LogP contribution in [0.25, 0.3) is 10.9 Å². The Balaban J connectivity index is 2.02. The van der Waals surface area contributed by atoms with Gasteiger partial charge in [0, 0.05) is 22.7 Å². The molecule has 4 heteroatoms. The normalized spacial score (nSPS) is 11.0. The van der Waals surface area contributed by atoms with E-state index in [0.717, 1.165) is 5.52 Å². The van der Waals surface area contributed by atoms with Crippen molar-refractivity contribution in [2.75, 3.05) is 13.2 Å². The first-order valence-electron chi connectivity index (χ1n) is 4.81. The standard InChI is InChI=1S/C11H13NO2S/c15-14-6-5-13-8-9-7-12-11-4-2-1-3-10(9)11/h1-4,7,12,15H,5-6,8H2. The average Bonchev–Trinajstić information content (AvgIpc) is 2.68. The molecule has 0 aliphatic heterocycles. The first-order valence-corrected chi connectivity index (χ1v) is 5.17. The van der Waals surface area contributed by atoms with Crippen LogP contribution in [0.15, 0.2) is 30.5 Å². The molecular formula is C11H13NO2S. The molecule has 2 aromatic rings. The molecule has 2 rings (SSSR count). The highest BCUT2D eigenvalue weighted by Gasteiger charge is 2.01. The van der Waals surface area contributed by atoms with Crippen LogP contribution in [0.3, 0.4) is 0 Å². The fourth-order valence-electron chi connectivity index (χ4n) is 1.53. The highest BCUT2D eigenvalue weighted by Crippen LogP contribution is 2.18. The van der Waals surface area contributed by atoms with E-state index in [-0.39, 0.29) is 0 Å². The molecular weight excluding hydrogens is 210 g/mol. The van der Waals surface area contributed by atoms with Crippen LogP contribution in [0.2, 0.25) is 0 Å². The Hall–Kier alpha value is -0.970. The summed E-state index contributed by atoms with van der Waals surface area (Å²) in [6, 6.07) is 8.17. The van der Waals surface area contributed by atoms with E-state index in [1.165, 1.54) is 10.9 Å². The molecule has 3 nitrogen and oxygen atoms in total. The molecule has 0 radical (unpaired) electrons. The van der Waals surface area contributed by atoms with Crippen LogP contribution < -0.4 is 0 Å². The summed E-state index contributed by atoms with van der Waals surface area (Å²) in [4.78, 5) is 3.20. The van der Waals surface area contributed by atoms with Crippen LogP contribution >= 0.6 is 12.9 Å². The Morgan fingerprint density at radius 1 is 1.20 bits per heavy atom. The molecule has 0 unspecified atom stereocenters.